The van der Waals surface area contributed by atoms with Gasteiger partial charge in [-0.05, 0) is 49.1 Å². The lowest BCUT2D eigenvalue weighted by Crippen LogP contribution is -2.37. The van der Waals surface area contributed by atoms with Crippen LogP contribution in [0.5, 0.6) is 0 Å². The number of piperidine rings is 1. The molecule has 0 saturated carbocycles. The lowest BCUT2D eigenvalue weighted by atomic mass is 9.99. The van der Waals surface area contributed by atoms with Crippen molar-refractivity contribution in [3.63, 3.8) is 0 Å². The number of aromatic nitrogens is 1. The van der Waals surface area contributed by atoms with E-state index in [2.05, 4.69) is 17.2 Å². The van der Waals surface area contributed by atoms with Crippen molar-refractivity contribution >= 4 is 29.0 Å². The minimum Gasteiger partial charge on any atom is -0.340 e. The first-order valence-electron chi connectivity index (χ1n) is 8.63. The highest BCUT2D eigenvalue weighted by atomic mass is 35.5. The fourth-order valence-electron chi connectivity index (χ4n) is 2.96. The number of likely N-dealkylation sites (tertiary alicyclic amines) is 1. The molecule has 0 atom stereocenters. The van der Waals surface area contributed by atoms with Crippen LogP contribution in [0.15, 0.2) is 36.5 Å². The largest absolute Gasteiger partial charge is 0.417 e. The summed E-state index contributed by atoms with van der Waals surface area (Å²) < 4.78 is 38.8. The van der Waals surface area contributed by atoms with Crippen molar-refractivity contribution in [3.05, 3.63) is 52.7 Å². The van der Waals surface area contributed by atoms with Crippen molar-refractivity contribution < 1.29 is 18.0 Å². The molecule has 3 rings (SSSR count). The number of alkyl halides is 3. The van der Waals surface area contributed by atoms with Gasteiger partial charge in [0.2, 0.25) is 0 Å². The Morgan fingerprint density at radius 3 is 2.52 bits per heavy atom. The van der Waals surface area contributed by atoms with E-state index in [0.29, 0.717) is 17.3 Å². The van der Waals surface area contributed by atoms with E-state index in [1.54, 1.807) is 17.0 Å². The molecule has 2 heterocycles. The Morgan fingerprint density at radius 1 is 1.22 bits per heavy atom. The zero-order valence-corrected chi connectivity index (χ0v) is 15.4. The zero-order chi connectivity index (χ0) is 19.6. The Hall–Kier alpha value is -2.28. The van der Waals surface area contributed by atoms with Crippen LogP contribution < -0.4 is 5.32 Å². The summed E-state index contributed by atoms with van der Waals surface area (Å²) in [6.07, 6.45) is -1.14. The van der Waals surface area contributed by atoms with Gasteiger partial charge in [0, 0.05) is 25.0 Å². The third-order valence-electron chi connectivity index (χ3n) is 4.63. The van der Waals surface area contributed by atoms with E-state index in [0.717, 1.165) is 32.0 Å². The minimum atomic E-state index is -4.54. The fraction of sp³-hybridized carbons (Fsp3) is 0.368. The van der Waals surface area contributed by atoms with E-state index in [1.807, 2.05) is 0 Å². The summed E-state index contributed by atoms with van der Waals surface area (Å²) >= 11 is 5.62. The molecule has 0 unspecified atom stereocenters. The maximum Gasteiger partial charge on any atom is 0.417 e. The van der Waals surface area contributed by atoms with Crippen molar-refractivity contribution in [3.8, 4) is 0 Å². The van der Waals surface area contributed by atoms with E-state index in [9.17, 15) is 18.0 Å². The van der Waals surface area contributed by atoms with Gasteiger partial charge in [-0.3, -0.25) is 4.79 Å². The third-order valence-corrected chi connectivity index (χ3v) is 4.96. The van der Waals surface area contributed by atoms with Crippen LogP contribution in [0.1, 0.15) is 35.7 Å². The molecule has 1 aromatic heterocycles. The Labute approximate surface area is 160 Å². The van der Waals surface area contributed by atoms with Gasteiger partial charge >= 0.3 is 6.18 Å². The van der Waals surface area contributed by atoms with Gasteiger partial charge in [-0.25, -0.2) is 4.98 Å². The first-order chi connectivity index (χ1) is 12.7. The predicted molar refractivity (Wildman–Crippen MR) is 98.3 cm³/mol. The molecule has 1 N–H and O–H groups in total. The molecule has 1 aromatic carbocycles. The Kier molecular flexibility index (Phi) is 5.60. The van der Waals surface area contributed by atoms with Gasteiger partial charge in [0.15, 0.2) is 0 Å². The van der Waals surface area contributed by atoms with Crippen LogP contribution >= 0.6 is 11.6 Å². The van der Waals surface area contributed by atoms with Crippen molar-refractivity contribution in [2.75, 3.05) is 18.4 Å². The van der Waals surface area contributed by atoms with Crippen molar-refractivity contribution in [2.24, 2.45) is 5.92 Å². The number of amides is 1. The number of hydrogen-bond acceptors (Lipinski definition) is 3. The number of carbonyl (C=O) groups excluding carboxylic acids is 1. The van der Waals surface area contributed by atoms with Gasteiger partial charge in [-0.1, -0.05) is 18.5 Å². The normalized spacial score (nSPS) is 15.7. The topological polar surface area (TPSA) is 45.2 Å². The standard InChI is InChI=1S/C19H19ClF3N3O/c1-12-6-8-26(9-7-12)18(27)13-2-5-17(24-11-13)25-14-3-4-16(20)15(10-14)19(21,22)23/h2-5,10-12H,6-9H2,1H3,(H,24,25). The molecule has 1 aliphatic rings. The van der Waals surface area contributed by atoms with Crippen LogP contribution in [0.25, 0.3) is 0 Å². The highest BCUT2D eigenvalue weighted by molar-refractivity contribution is 6.31. The van der Waals surface area contributed by atoms with Crippen LogP contribution in [-0.4, -0.2) is 28.9 Å². The van der Waals surface area contributed by atoms with Gasteiger partial charge in [0.25, 0.3) is 5.91 Å². The predicted octanol–water partition coefficient (Wildman–Crippen LogP) is 5.37. The monoisotopic (exact) mass is 397 g/mol. The molecule has 0 spiro atoms. The number of nitrogens with zero attached hydrogens (tertiary/aromatic N) is 2. The fourth-order valence-corrected chi connectivity index (χ4v) is 3.18. The van der Waals surface area contributed by atoms with E-state index in [1.165, 1.54) is 18.3 Å². The molecule has 27 heavy (non-hydrogen) atoms. The number of benzene rings is 1. The summed E-state index contributed by atoms with van der Waals surface area (Å²) in [7, 11) is 0. The second-order valence-electron chi connectivity index (χ2n) is 6.72. The molecule has 1 amide bonds. The third kappa shape index (κ3) is 4.71. The summed E-state index contributed by atoms with van der Waals surface area (Å²) in [5.74, 6) is 0.890. The van der Waals surface area contributed by atoms with Crippen molar-refractivity contribution in [1.82, 2.24) is 9.88 Å². The molecule has 0 aliphatic carbocycles. The lowest BCUT2D eigenvalue weighted by molar-refractivity contribution is -0.137. The number of halogens is 4. The SMILES string of the molecule is CC1CCN(C(=O)c2ccc(Nc3ccc(Cl)c(C(F)(F)F)c3)nc2)CC1. The molecular formula is C19H19ClF3N3O. The van der Waals surface area contributed by atoms with Crippen LogP contribution in [0.3, 0.4) is 0 Å². The molecule has 8 heteroatoms. The Bertz CT molecular complexity index is 816. The molecule has 0 radical (unpaired) electrons. The molecule has 2 aromatic rings. The molecule has 1 saturated heterocycles. The highest BCUT2D eigenvalue weighted by Gasteiger charge is 2.33. The quantitative estimate of drug-likeness (QED) is 0.757. The zero-order valence-electron chi connectivity index (χ0n) is 14.7. The molecular weight excluding hydrogens is 379 g/mol. The summed E-state index contributed by atoms with van der Waals surface area (Å²) in [5.41, 5.74) is -0.245. The summed E-state index contributed by atoms with van der Waals surface area (Å²) in [5, 5.41) is 2.44. The molecule has 144 valence electrons. The highest BCUT2D eigenvalue weighted by Crippen LogP contribution is 2.36. The number of hydrogen-bond donors (Lipinski definition) is 1. The van der Waals surface area contributed by atoms with Crippen LogP contribution in [0.4, 0.5) is 24.7 Å². The van der Waals surface area contributed by atoms with Crippen molar-refractivity contribution in [2.45, 2.75) is 25.9 Å². The maximum atomic E-state index is 12.9. The second-order valence-corrected chi connectivity index (χ2v) is 7.13. The second kappa shape index (κ2) is 7.76. The minimum absolute atomic E-state index is 0.0770. The summed E-state index contributed by atoms with van der Waals surface area (Å²) in [6.45, 7) is 3.63. The maximum absolute atomic E-state index is 12.9. The average molecular weight is 398 g/mol. The van der Waals surface area contributed by atoms with Crippen LogP contribution in [0.2, 0.25) is 5.02 Å². The number of nitrogens with one attached hydrogen (secondary N) is 1. The average Bonchev–Trinajstić information content (AvgIpc) is 2.63. The van der Waals surface area contributed by atoms with Crippen LogP contribution in [-0.2, 0) is 6.18 Å². The summed E-state index contributed by atoms with van der Waals surface area (Å²) in [6, 6.07) is 6.74. The first-order valence-corrected chi connectivity index (χ1v) is 9.01. The van der Waals surface area contributed by atoms with Gasteiger partial charge in [-0.15, -0.1) is 0 Å². The van der Waals surface area contributed by atoms with E-state index in [-0.39, 0.29) is 16.6 Å². The van der Waals surface area contributed by atoms with E-state index >= 15 is 0 Å². The number of carbonyl (C=O) groups is 1. The lowest BCUT2D eigenvalue weighted by Gasteiger charge is -2.30. The molecule has 1 aliphatic heterocycles. The number of rotatable bonds is 3. The van der Waals surface area contributed by atoms with E-state index < -0.39 is 11.7 Å². The van der Waals surface area contributed by atoms with Gasteiger partial charge in [0.1, 0.15) is 5.82 Å². The Morgan fingerprint density at radius 2 is 1.93 bits per heavy atom. The first kappa shape index (κ1) is 19.5. The smallest absolute Gasteiger partial charge is 0.340 e. The van der Waals surface area contributed by atoms with Gasteiger partial charge in [-0.2, -0.15) is 13.2 Å². The van der Waals surface area contributed by atoms with Crippen molar-refractivity contribution in [1.29, 1.82) is 0 Å². The number of pyridine rings is 1. The molecule has 4 nitrogen and oxygen atoms in total. The number of anilines is 2. The molecule has 0 bridgehead atoms. The van der Waals surface area contributed by atoms with E-state index in [4.69, 9.17) is 11.6 Å². The van der Waals surface area contributed by atoms with Crippen LogP contribution in [0, 0.1) is 5.92 Å². The molecule has 1 fully saturated rings. The van der Waals surface area contributed by atoms with Gasteiger partial charge in [0.05, 0.1) is 16.1 Å². The Balaban J connectivity index is 1.70. The van der Waals surface area contributed by atoms with Gasteiger partial charge < -0.3 is 10.2 Å². The summed E-state index contributed by atoms with van der Waals surface area (Å²) in [4.78, 5) is 18.4.